The molecule has 0 radical (unpaired) electrons. The molecule has 3 rings (SSSR count). The van der Waals surface area contributed by atoms with Crippen LogP contribution in [0.5, 0.6) is 0 Å². The molecule has 3 fully saturated rings. The molecule has 0 aromatic rings. The zero-order chi connectivity index (χ0) is 25.4. The topological polar surface area (TPSA) is 269 Å². The zero-order valence-corrected chi connectivity index (χ0v) is 17.8. The van der Waals surface area contributed by atoms with Gasteiger partial charge in [-0.05, 0) is 0 Å². The van der Waals surface area contributed by atoms with Crippen molar-refractivity contribution in [2.75, 3.05) is 26.4 Å². The van der Waals surface area contributed by atoms with Crippen LogP contribution in [0.15, 0.2) is 0 Å². The lowest BCUT2D eigenvalue weighted by Gasteiger charge is -2.44. The van der Waals surface area contributed by atoms with Crippen molar-refractivity contribution >= 4 is 0 Å². The molecule has 3 aliphatic heterocycles. The van der Waals surface area contributed by atoms with E-state index in [1.54, 1.807) is 0 Å². The maximum Gasteiger partial charge on any atom is 0.224 e. The van der Waals surface area contributed by atoms with E-state index in [0.717, 1.165) is 0 Å². The highest BCUT2D eigenvalue weighted by molar-refractivity contribution is 4.98. The van der Waals surface area contributed by atoms with Gasteiger partial charge in [-0.25, -0.2) is 0 Å². The summed E-state index contributed by atoms with van der Waals surface area (Å²) in [5.41, 5.74) is 0. The largest absolute Gasteiger partial charge is 0.394 e. The third-order valence-electron chi connectivity index (χ3n) is 6.16. The normalized spacial score (nSPS) is 52.1. The minimum Gasteiger partial charge on any atom is -0.394 e. The maximum absolute atomic E-state index is 10.3. The molecule has 34 heavy (non-hydrogen) atoms. The summed E-state index contributed by atoms with van der Waals surface area (Å²) in [5, 5.41) is 109. The Morgan fingerprint density at radius 1 is 0.588 bits per heavy atom. The van der Waals surface area contributed by atoms with Gasteiger partial charge in [0, 0.05) is 0 Å². The molecule has 16 heteroatoms. The van der Waals surface area contributed by atoms with E-state index in [0.29, 0.717) is 0 Å². The highest BCUT2D eigenvalue weighted by atomic mass is 16.8. The second kappa shape index (κ2) is 11.2. The van der Waals surface area contributed by atoms with Gasteiger partial charge in [0.1, 0.15) is 73.8 Å². The van der Waals surface area contributed by atoms with Crippen LogP contribution in [0.3, 0.4) is 0 Å². The van der Waals surface area contributed by atoms with Gasteiger partial charge in [0.2, 0.25) is 5.79 Å². The Balaban J connectivity index is 1.69. The zero-order valence-electron chi connectivity index (χ0n) is 17.8. The van der Waals surface area contributed by atoms with E-state index in [-0.39, 0.29) is 0 Å². The molecule has 3 heterocycles. The molecule has 0 aliphatic carbocycles. The fourth-order valence-electron chi connectivity index (χ4n) is 4.01. The van der Waals surface area contributed by atoms with Gasteiger partial charge in [0.25, 0.3) is 0 Å². The van der Waals surface area contributed by atoms with Crippen molar-refractivity contribution in [1.29, 1.82) is 0 Å². The predicted octanol–water partition coefficient (Wildman–Crippen LogP) is -7.57. The number of rotatable bonds is 8. The molecule has 0 spiro atoms. The summed E-state index contributed by atoms with van der Waals surface area (Å²) in [5.74, 6) is -2.36. The number of hydrogen-bond donors (Lipinski definition) is 11. The molecule has 0 saturated carbocycles. The lowest BCUT2D eigenvalue weighted by molar-refractivity contribution is -0.388. The molecule has 16 nitrogen and oxygen atoms in total. The van der Waals surface area contributed by atoms with Crippen molar-refractivity contribution in [1.82, 2.24) is 0 Å². The molecule has 0 aromatic carbocycles. The van der Waals surface area contributed by atoms with Crippen LogP contribution in [0.25, 0.3) is 0 Å². The highest BCUT2D eigenvalue weighted by Gasteiger charge is 2.58. The van der Waals surface area contributed by atoms with Crippen LogP contribution in [0.1, 0.15) is 0 Å². The first-order valence-electron chi connectivity index (χ1n) is 10.6. The average molecular weight is 504 g/mol. The number of aliphatic hydroxyl groups excluding tert-OH is 11. The molecule has 0 aromatic heterocycles. The van der Waals surface area contributed by atoms with Gasteiger partial charge in [-0.15, -0.1) is 0 Å². The molecule has 200 valence electrons. The average Bonchev–Trinajstić information content (AvgIpc) is 3.08. The van der Waals surface area contributed by atoms with Gasteiger partial charge in [-0.2, -0.15) is 0 Å². The Morgan fingerprint density at radius 3 is 1.65 bits per heavy atom. The second-order valence-electron chi connectivity index (χ2n) is 8.41. The number of aliphatic hydroxyl groups is 11. The smallest absolute Gasteiger partial charge is 0.224 e. The summed E-state index contributed by atoms with van der Waals surface area (Å²) in [6.07, 6.45) is -21.8. The highest BCUT2D eigenvalue weighted by Crippen LogP contribution is 2.36. The Hall–Kier alpha value is -0.640. The summed E-state index contributed by atoms with van der Waals surface area (Å²) in [6.45, 7) is -3.14. The quantitative estimate of drug-likeness (QED) is 0.146. The second-order valence-corrected chi connectivity index (χ2v) is 8.41. The van der Waals surface area contributed by atoms with Crippen LogP contribution in [0.4, 0.5) is 0 Å². The molecular formula is C18H32O16. The van der Waals surface area contributed by atoms with Crippen molar-refractivity contribution in [2.24, 2.45) is 0 Å². The van der Waals surface area contributed by atoms with Gasteiger partial charge >= 0.3 is 0 Å². The number of ether oxygens (including phenoxy) is 5. The van der Waals surface area contributed by atoms with E-state index in [4.69, 9.17) is 23.7 Å². The molecule has 0 amide bonds. The molecule has 11 N–H and O–H groups in total. The van der Waals surface area contributed by atoms with Crippen molar-refractivity contribution in [3.63, 3.8) is 0 Å². The van der Waals surface area contributed by atoms with E-state index in [2.05, 4.69) is 0 Å². The van der Waals surface area contributed by atoms with Gasteiger partial charge in [-0.1, -0.05) is 0 Å². The number of hydrogen-bond acceptors (Lipinski definition) is 16. The van der Waals surface area contributed by atoms with Crippen molar-refractivity contribution in [2.45, 2.75) is 85.5 Å². The minimum atomic E-state index is -2.36. The Bertz CT molecular complexity index is 653. The van der Waals surface area contributed by atoms with Crippen LogP contribution in [-0.4, -0.2) is 168 Å². The third-order valence-corrected chi connectivity index (χ3v) is 6.16. The van der Waals surface area contributed by atoms with Crippen LogP contribution >= 0.6 is 0 Å². The minimum absolute atomic E-state index is 0.634. The monoisotopic (exact) mass is 504 g/mol. The lowest BCUT2D eigenvalue weighted by atomic mass is 9.98. The van der Waals surface area contributed by atoms with Crippen LogP contribution < -0.4 is 0 Å². The lowest BCUT2D eigenvalue weighted by Crippen LogP contribution is -2.63. The first-order valence-corrected chi connectivity index (χ1v) is 10.6. The first-order chi connectivity index (χ1) is 16.0. The van der Waals surface area contributed by atoms with Crippen molar-refractivity contribution in [3.05, 3.63) is 0 Å². The van der Waals surface area contributed by atoms with Crippen LogP contribution in [-0.2, 0) is 23.7 Å². The fourth-order valence-corrected chi connectivity index (χ4v) is 4.01. The first kappa shape index (κ1) is 27.9. The molecule has 3 saturated heterocycles. The summed E-state index contributed by atoms with van der Waals surface area (Å²) in [7, 11) is 0. The van der Waals surface area contributed by atoms with Crippen LogP contribution in [0, 0.1) is 0 Å². The van der Waals surface area contributed by atoms with E-state index in [1.165, 1.54) is 0 Å². The Labute approximate surface area is 192 Å². The fraction of sp³-hybridized carbons (Fsp3) is 1.00. The van der Waals surface area contributed by atoms with E-state index >= 15 is 0 Å². The Morgan fingerprint density at radius 2 is 1.12 bits per heavy atom. The van der Waals surface area contributed by atoms with Crippen molar-refractivity contribution in [3.8, 4) is 0 Å². The summed E-state index contributed by atoms with van der Waals surface area (Å²) in [6, 6.07) is 0. The molecule has 3 aliphatic rings. The maximum atomic E-state index is 10.3. The van der Waals surface area contributed by atoms with E-state index in [1.807, 2.05) is 0 Å². The SMILES string of the molecule is OC[C@H]1OC(OC[C@H]2OC(O[C@]3(CO)O[C@H](CO)[C@H](O)[C@@H]3O)[C@H](O)[C@@H](O)[C@H]2O)[C@H](O)[C@@H](O)[C@@H]1O. The van der Waals surface area contributed by atoms with Gasteiger partial charge < -0.3 is 79.9 Å². The van der Waals surface area contributed by atoms with Gasteiger partial charge in [0.05, 0.1) is 19.8 Å². The predicted molar refractivity (Wildman–Crippen MR) is 101 cm³/mol. The molecule has 2 unspecified atom stereocenters. The van der Waals surface area contributed by atoms with E-state index in [9.17, 15) is 56.2 Å². The summed E-state index contributed by atoms with van der Waals surface area (Å²) >= 11 is 0. The summed E-state index contributed by atoms with van der Waals surface area (Å²) in [4.78, 5) is 0. The standard InChI is InChI=1S/C18H32O16/c19-1-5-8(22)11(25)13(27)16(31-5)30-3-7-9(23)12(26)14(28)17(32-7)34-18(4-21)15(29)10(24)6(2-20)33-18/h5-17,19-29H,1-4H2/t5-,6-,7-,8-,9+,10+,11+,12+,13-,14-,15+,16?,17?,18+/m1/s1. The molecular weight excluding hydrogens is 472 g/mol. The van der Waals surface area contributed by atoms with E-state index < -0.39 is 112 Å². The van der Waals surface area contributed by atoms with Crippen LogP contribution in [0.2, 0.25) is 0 Å². The molecule has 14 atom stereocenters. The van der Waals surface area contributed by atoms with Gasteiger partial charge in [0.15, 0.2) is 12.6 Å². The molecule has 0 bridgehead atoms. The summed E-state index contributed by atoms with van der Waals surface area (Å²) < 4.78 is 26.4. The van der Waals surface area contributed by atoms with Crippen molar-refractivity contribution < 1.29 is 79.9 Å². The Kier molecular flexibility index (Phi) is 9.18. The third kappa shape index (κ3) is 5.09. The van der Waals surface area contributed by atoms with Gasteiger partial charge in [-0.3, -0.25) is 0 Å².